The van der Waals surface area contributed by atoms with Crippen molar-refractivity contribution in [2.75, 3.05) is 4.90 Å². The molecule has 63 heavy (non-hydrogen) atoms. The number of nitrogens with zero attached hydrogens (tertiary/aromatic N) is 5. The molecule has 0 spiro atoms. The highest BCUT2D eigenvalue weighted by molar-refractivity contribution is 5.92. The number of pyridine rings is 1. The zero-order chi connectivity index (χ0) is 41.7. The maximum Gasteiger partial charge on any atom is 0.137 e. The van der Waals surface area contributed by atoms with Crippen LogP contribution < -0.4 is 4.90 Å². The van der Waals surface area contributed by atoms with Crippen molar-refractivity contribution in [1.29, 1.82) is 0 Å². The number of benzene rings is 8. The monoisotopic (exact) mass is 805 g/mol. The molecule has 8 aromatic carbocycles. The molecule has 1 aliphatic rings. The van der Waals surface area contributed by atoms with Crippen LogP contribution in [0.15, 0.2) is 237 Å². The fraction of sp³-hybridized carbons (Fsp3) is 0.0172. The molecule has 3 heterocycles. The lowest BCUT2D eigenvalue weighted by Crippen LogP contribution is -2.28. The second-order valence-electron chi connectivity index (χ2n) is 16.1. The quantitative estimate of drug-likeness (QED) is 0.153. The number of anilines is 3. The van der Waals surface area contributed by atoms with Gasteiger partial charge in [0.25, 0.3) is 0 Å². The van der Waals surface area contributed by atoms with Gasteiger partial charge in [0.2, 0.25) is 0 Å². The zero-order valence-corrected chi connectivity index (χ0v) is 34.3. The van der Waals surface area contributed by atoms with Crippen molar-refractivity contribution in [2.24, 2.45) is 0 Å². The predicted molar refractivity (Wildman–Crippen MR) is 257 cm³/mol. The van der Waals surface area contributed by atoms with Crippen molar-refractivity contribution in [2.45, 2.75) is 5.41 Å². The van der Waals surface area contributed by atoms with Crippen LogP contribution >= 0.6 is 0 Å². The van der Waals surface area contributed by atoms with Crippen molar-refractivity contribution in [3.05, 3.63) is 259 Å². The van der Waals surface area contributed by atoms with Gasteiger partial charge in [-0.05, 0) is 100 Å². The van der Waals surface area contributed by atoms with Crippen LogP contribution in [0.1, 0.15) is 22.3 Å². The van der Waals surface area contributed by atoms with Gasteiger partial charge >= 0.3 is 0 Å². The number of hydrogen-bond donors (Lipinski definition) is 0. The third-order valence-electron chi connectivity index (χ3n) is 12.5. The molecule has 0 saturated carbocycles. The molecule has 0 atom stereocenters. The molecule has 12 rings (SSSR count). The van der Waals surface area contributed by atoms with E-state index in [1.165, 1.54) is 33.4 Å². The van der Waals surface area contributed by atoms with Crippen LogP contribution in [-0.4, -0.2) is 19.4 Å². The Morgan fingerprint density at radius 3 is 1.54 bits per heavy atom. The van der Waals surface area contributed by atoms with E-state index < -0.39 is 5.41 Å². The van der Waals surface area contributed by atoms with Crippen LogP contribution in [-0.2, 0) is 5.41 Å². The molecule has 5 heteroatoms. The van der Waals surface area contributed by atoms with Crippen LogP contribution in [0.5, 0.6) is 0 Å². The van der Waals surface area contributed by atoms with Gasteiger partial charge in [-0.2, -0.15) is 0 Å². The Kier molecular flexibility index (Phi) is 8.64. The van der Waals surface area contributed by atoms with E-state index in [1.54, 1.807) is 0 Å². The summed E-state index contributed by atoms with van der Waals surface area (Å²) >= 11 is 0. The molecular weight excluding hydrogens is 767 g/mol. The van der Waals surface area contributed by atoms with E-state index in [0.717, 1.165) is 67.5 Å². The summed E-state index contributed by atoms with van der Waals surface area (Å²) in [6.07, 6.45) is 4.10. The number of imidazole rings is 1. The van der Waals surface area contributed by atoms with E-state index in [2.05, 4.69) is 204 Å². The fourth-order valence-corrected chi connectivity index (χ4v) is 9.64. The van der Waals surface area contributed by atoms with Crippen molar-refractivity contribution in [3.63, 3.8) is 0 Å². The highest BCUT2D eigenvalue weighted by atomic mass is 15.1. The van der Waals surface area contributed by atoms with Crippen molar-refractivity contribution < 1.29 is 0 Å². The third kappa shape index (κ3) is 6.05. The third-order valence-corrected chi connectivity index (χ3v) is 12.5. The van der Waals surface area contributed by atoms with E-state index in [-0.39, 0.29) is 0 Å². The summed E-state index contributed by atoms with van der Waals surface area (Å²) in [4.78, 5) is 17.9. The Bertz CT molecular complexity index is 3360. The molecule has 0 aliphatic heterocycles. The minimum Gasteiger partial charge on any atom is -0.311 e. The van der Waals surface area contributed by atoms with Gasteiger partial charge < -0.3 is 9.30 Å². The van der Waals surface area contributed by atoms with Gasteiger partial charge in [-0.25, -0.2) is 15.0 Å². The Morgan fingerprint density at radius 2 is 0.889 bits per heavy atom. The zero-order valence-electron chi connectivity index (χ0n) is 34.3. The van der Waals surface area contributed by atoms with Crippen LogP contribution in [0.4, 0.5) is 17.1 Å². The van der Waals surface area contributed by atoms with Crippen LogP contribution in [0.25, 0.3) is 61.6 Å². The molecule has 0 saturated heterocycles. The first-order valence-corrected chi connectivity index (χ1v) is 21.3. The molecule has 0 bridgehead atoms. The Labute approximate surface area is 365 Å². The molecular formula is C58H39N5. The molecule has 0 unspecified atom stereocenters. The normalized spacial score (nSPS) is 12.6. The van der Waals surface area contributed by atoms with Crippen molar-refractivity contribution >= 4 is 33.7 Å². The largest absolute Gasteiger partial charge is 0.311 e. The van der Waals surface area contributed by atoms with Crippen LogP contribution in [0.3, 0.4) is 0 Å². The van der Waals surface area contributed by atoms with Crippen molar-refractivity contribution in [1.82, 2.24) is 19.4 Å². The molecule has 0 N–H and O–H groups in total. The highest BCUT2D eigenvalue weighted by Crippen LogP contribution is 2.57. The summed E-state index contributed by atoms with van der Waals surface area (Å²) < 4.78 is 2.05. The standard InChI is InChI=1S/C58H39N5/c1-4-16-43(17-5-1)58(44-18-6-2-7-19-44)50-23-11-10-22-48(50)49-36-31-42(38-51(49)58)57-56(60-52-24-12-13-25-53(52)61-57)41-29-34-47(35-30-41)63(45-20-8-3-9-21-45)46-32-27-40(28-33-46)54-39-62-37-15-14-26-55(62)59-54/h1-39H. The van der Waals surface area contributed by atoms with Gasteiger partial charge in [0, 0.05) is 46.1 Å². The van der Waals surface area contributed by atoms with Gasteiger partial charge in [0.05, 0.1) is 33.5 Å². The summed E-state index contributed by atoms with van der Waals surface area (Å²) in [6.45, 7) is 0. The number of aromatic nitrogens is 4. The number of hydrogen-bond acceptors (Lipinski definition) is 4. The Hall–Kier alpha value is -8.41. The lowest BCUT2D eigenvalue weighted by atomic mass is 9.67. The minimum atomic E-state index is -0.525. The average Bonchev–Trinajstić information content (AvgIpc) is 3.93. The molecule has 0 amide bonds. The Morgan fingerprint density at radius 1 is 0.381 bits per heavy atom. The van der Waals surface area contributed by atoms with Gasteiger partial charge in [-0.3, -0.25) is 0 Å². The molecule has 11 aromatic rings. The fourth-order valence-electron chi connectivity index (χ4n) is 9.64. The summed E-state index contributed by atoms with van der Waals surface area (Å²) in [5.41, 5.74) is 18.4. The molecule has 3 aromatic heterocycles. The molecule has 0 fully saturated rings. The van der Waals surface area contributed by atoms with Crippen LogP contribution in [0, 0.1) is 0 Å². The number of fused-ring (bicyclic) bond motifs is 5. The SMILES string of the molecule is c1ccc(N(c2ccc(-c3cn4ccccc4n3)cc2)c2ccc(-c3nc4ccccc4nc3-c3ccc4c(c3)C(c3ccccc3)(c3ccccc3)c3ccccc3-4)cc2)cc1. The summed E-state index contributed by atoms with van der Waals surface area (Å²) in [5, 5.41) is 0. The molecule has 296 valence electrons. The first-order valence-electron chi connectivity index (χ1n) is 21.3. The average molecular weight is 806 g/mol. The van der Waals surface area contributed by atoms with Gasteiger partial charge in [-0.1, -0.05) is 158 Å². The van der Waals surface area contributed by atoms with Gasteiger partial charge in [0.15, 0.2) is 0 Å². The van der Waals surface area contributed by atoms with Crippen molar-refractivity contribution in [3.8, 4) is 44.9 Å². The summed E-state index contributed by atoms with van der Waals surface area (Å²) in [5.74, 6) is 0. The lowest BCUT2D eigenvalue weighted by Gasteiger charge is -2.34. The summed E-state index contributed by atoms with van der Waals surface area (Å²) in [7, 11) is 0. The number of rotatable bonds is 8. The van der Waals surface area contributed by atoms with E-state index in [1.807, 2.05) is 42.6 Å². The van der Waals surface area contributed by atoms with Gasteiger partial charge in [0.1, 0.15) is 5.65 Å². The topological polar surface area (TPSA) is 46.3 Å². The first kappa shape index (κ1) is 36.4. The molecule has 0 radical (unpaired) electrons. The maximum absolute atomic E-state index is 5.41. The number of para-hydroxylation sites is 3. The Balaban J connectivity index is 0.985. The predicted octanol–water partition coefficient (Wildman–Crippen LogP) is 14.1. The van der Waals surface area contributed by atoms with E-state index in [9.17, 15) is 0 Å². The van der Waals surface area contributed by atoms with E-state index in [4.69, 9.17) is 15.0 Å². The molecule has 1 aliphatic carbocycles. The lowest BCUT2D eigenvalue weighted by molar-refractivity contribution is 0.768. The van der Waals surface area contributed by atoms with E-state index in [0.29, 0.717) is 0 Å². The maximum atomic E-state index is 5.41. The molecule has 5 nitrogen and oxygen atoms in total. The highest BCUT2D eigenvalue weighted by Gasteiger charge is 2.46. The second-order valence-corrected chi connectivity index (χ2v) is 16.1. The van der Waals surface area contributed by atoms with Gasteiger partial charge in [-0.15, -0.1) is 0 Å². The second kappa shape index (κ2) is 14.9. The first-order chi connectivity index (χ1) is 31.2. The van der Waals surface area contributed by atoms with E-state index >= 15 is 0 Å². The summed E-state index contributed by atoms with van der Waals surface area (Å²) in [6, 6.07) is 79.8. The minimum absolute atomic E-state index is 0.525. The van der Waals surface area contributed by atoms with Crippen LogP contribution in [0.2, 0.25) is 0 Å². The smallest absolute Gasteiger partial charge is 0.137 e.